The van der Waals surface area contributed by atoms with E-state index in [1.807, 2.05) is 0 Å². The third-order valence-electron chi connectivity index (χ3n) is 12.1. The van der Waals surface area contributed by atoms with Gasteiger partial charge in [0.1, 0.15) is 41.9 Å². The van der Waals surface area contributed by atoms with Crippen LogP contribution in [0.3, 0.4) is 0 Å². The van der Waals surface area contributed by atoms with Crippen LogP contribution >= 0.6 is 11.6 Å². The van der Waals surface area contributed by atoms with Crippen LogP contribution in [0.25, 0.3) is 38.9 Å². The maximum Gasteiger partial charge on any atom is 0.293 e. The molecule has 25 heteroatoms. The number of sulfonamides is 1. The number of fused-ring (bicyclic) bond motifs is 5. The van der Waals surface area contributed by atoms with Crippen molar-refractivity contribution in [3.8, 4) is 22.8 Å². The van der Waals surface area contributed by atoms with Gasteiger partial charge in [0.2, 0.25) is 15.9 Å². The van der Waals surface area contributed by atoms with E-state index in [9.17, 15) is 39.6 Å². The molecular weight excluding hydrogens is 956 g/mol. The lowest BCUT2D eigenvalue weighted by Gasteiger charge is -2.24. The van der Waals surface area contributed by atoms with Crippen molar-refractivity contribution in [1.82, 2.24) is 44.4 Å². The van der Waals surface area contributed by atoms with Gasteiger partial charge in [-0.05, 0) is 67.1 Å². The standard InChI is InChI=1S/C43H33ClF8N10O5S/c1-67-22-14-53-39(54-15-22)19-2-5-24-28(11-19)56-41(62(42(24)64)30-7-6-27(44)34-36(30)60(16-31(47)48)58-40(34)59-68(65,66)23-3-4-23)29(10-18-8-20(45)12-21(46)9-18)55-32(63)17-61-37-33(35(57-61)38(49)50)25-13-26(25)43(37,51)52/h2,5-9,11-12,14-15,23,25-26,29,31,38H,3-4,10,13,16-17H2,1H3,(H,55,63)(H,58,59)/t25-,26+,29-/m0/s1. The molecule has 68 heavy (non-hydrogen) atoms. The molecule has 0 aliphatic heterocycles. The summed E-state index contributed by atoms with van der Waals surface area (Å²) in [6.45, 7) is -2.24. The second-order valence-corrected chi connectivity index (χ2v) is 19.0. The molecule has 7 aromatic rings. The van der Waals surface area contributed by atoms with Crippen molar-refractivity contribution in [2.45, 2.75) is 74.8 Å². The van der Waals surface area contributed by atoms with Crippen molar-refractivity contribution in [3.05, 3.63) is 116 Å². The normalized spacial score (nSPS) is 17.8. The molecule has 2 N–H and O–H groups in total. The first kappa shape index (κ1) is 45.1. The van der Waals surface area contributed by atoms with E-state index >= 15 is 13.6 Å². The number of anilines is 1. The summed E-state index contributed by atoms with van der Waals surface area (Å²) in [5.41, 5.74) is -3.56. The predicted octanol–water partition coefficient (Wildman–Crippen LogP) is 7.75. The molecule has 15 nitrogen and oxygen atoms in total. The van der Waals surface area contributed by atoms with Gasteiger partial charge in [0.05, 0.1) is 63.3 Å². The predicted molar refractivity (Wildman–Crippen MR) is 228 cm³/mol. The lowest BCUT2D eigenvalue weighted by molar-refractivity contribution is -0.123. The van der Waals surface area contributed by atoms with Gasteiger partial charge in [-0.15, -0.1) is 0 Å². The molecule has 0 saturated heterocycles. The monoisotopic (exact) mass is 988 g/mol. The van der Waals surface area contributed by atoms with E-state index in [1.165, 1.54) is 49.8 Å². The molecular formula is C43H33ClF8N10O5S. The molecule has 3 aliphatic rings. The minimum atomic E-state index is -4.10. The van der Waals surface area contributed by atoms with Crippen LogP contribution in [0.5, 0.6) is 5.75 Å². The lowest BCUT2D eigenvalue weighted by atomic mass is 10.0. The molecule has 0 spiro atoms. The quantitative estimate of drug-likeness (QED) is 0.0965. The summed E-state index contributed by atoms with van der Waals surface area (Å²) >= 11 is 6.67. The SMILES string of the molecule is COc1cnc(-c2ccc3c(=O)n(-c4ccc(Cl)c5c(NS(=O)(=O)C6CC6)nn(CC(F)F)c45)c([C@H](Cc4cc(F)cc(F)c4)NC(=O)Cn4nc(C(F)F)c5c4C(F)(F)[C@@H]4C[C@H]54)nc3c2)nc1. The molecule has 2 fully saturated rings. The second kappa shape index (κ2) is 16.5. The number of methoxy groups -OCH3 is 1. The van der Waals surface area contributed by atoms with Crippen molar-refractivity contribution in [3.63, 3.8) is 0 Å². The number of benzene rings is 3. The first-order valence-electron chi connectivity index (χ1n) is 20.8. The van der Waals surface area contributed by atoms with E-state index in [2.05, 4.69) is 30.2 Å². The third-order valence-corrected chi connectivity index (χ3v) is 14.2. The number of carbonyl (C=O) groups is 1. The fourth-order valence-corrected chi connectivity index (χ4v) is 10.5. The van der Waals surface area contributed by atoms with Crippen molar-refractivity contribution in [1.29, 1.82) is 0 Å². The van der Waals surface area contributed by atoms with Crippen LogP contribution < -0.4 is 20.3 Å². The largest absolute Gasteiger partial charge is 0.494 e. The molecule has 1 amide bonds. The van der Waals surface area contributed by atoms with Gasteiger partial charge in [-0.2, -0.15) is 19.0 Å². The number of rotatable bonds is 15. The molecule has 2 saturated carbocycles. The van der Waals surface area contributed by atoms with Crippen LogP contribution in [-0.4, -0.2) is 72.2 Å². The summed E-state index contributed by atoms with van der Waals surface area (Å²) in [4.78, 5) is 42.8. The first-order chi connectivity index (χ1) is 32.3. The van der Waals surface area contributed by atoms with Crippen molar-refractivity contribution < 1.29 is 53.1 Å². The molecule has 0 bridgehead atoms. The number of amides is 1. The molecule has 0 radical (unpaired) electrons. The van der Waals surface area contributed by atoms with Crippen LogP contribution in [0.4, 0.5) is 40.9 Å². The van der Waals surface area contributed by atoms with E-state index in [1.54, 1.807) is 0 Å². The van der Waals surface area contributed by atoms with Crippen LogP contribution in [0.15, 0.2) is 65.7 Å². The Morgan fingerprint density at radius 3 is 2.37 bits per heavy atom. The Bertz CT molecular complexity index is 3360. The number of ether oxygens (including phenoxy) is 1. The Balaban J connectivity index is 1.19. The maximum atomic E-state index is 15.6. The number of hydrogen-bond acceptors (Lipinski definition) is 10. The van der Waals surface area contributed by atoms with Gasteiger partial charge in [-0.3, -0.25) is 28.2 Å². The number of nitrogens with one attached hydrogen (secondary N) is 2. The molecule has 3 atom stereocenters. The molecule has 10 rings (SSSR count). The zero-order valence-corrected chi connectivity index (χ0v) is 36.5. The van der Waals surface area contributed by atoms with Crippen molar-refractivity contribution in [2.75, 3.05) is 11.8 Å². The smallest absolute Gasteiger partial charge is 0.293 e. The van der Waals surface area contributed by atoms with Gasteiger partial charge >= 0.3 is 0 Å². The van der Waals surface area contributed by atoms with Gasteiger partial charge in [-0.1, -0.05) is 17.7 Å². The van der Waals surface area contributed by atoms with E-state index in [0.29, 0.717) is 34.9 Å². The van der Waals surface area contributed by atoms with Crippen LogP contribution in [-0.2, 0) is 40.3 Å². The Labute approximate surface area is 383 Å². The fraction of sp³-hybridized carbons (Fsp3) is 0.326. The number of halogens is 9. The number of carbonyl (C=O) groups excluding carboxylic acids is 1. The maximum absolute atomic E-state index is 15.6. The average Bonchev–Trinajstić information content (AvgIpc) is 4.20. The van der Waals surface area contributed by atoms with Crippen molar-refractivity contribution in [2.24, 2.45) is 5.92 Å². The van der Waals surface area contributed by atoms with E-state index < -0.39 is 118 Å². The van der Waals surface area contributed by atoms with Gasteiger partial charge in [-0.25, -0.2) is 49.7 Å². The molecule has 354 valence electrons. The van der Waals surface area contributed by atoms with E-state index in [-0.39, 0.29) is 55.9 Å². The molecule has 3 aliphatic carbocycles. The van der Waals surface area contributed by atoms with Gasteiger partial charge < -0.3 is 10.1 Å². The average molecular weight is 989 g/mol. The minimum absolute atomic E-state index is 0.0522. The zero-order valence-electron chi connectivity index (χ0n) is 34.9. The lowest BCUT2D eigenvalue weighted by Crippen LogP contribution is -2.38. The molecule has 3 aromatic carbocycles. The Hall–Kier alpha value is -6.69. The number of alkyl halides is 6. The topological polar surface area (TPSA) is 181 Å². The highest BCUT2D eigenvalue weighted by molar-refractivity contribution is 7.93. The molecule has 0 unspecified atom stereocenters. The number of nitrogens with zero attached hydrogens (tertiary/aromatic N) is 8. The fourth-order valence-electron chi connectivity index (χ4n) is 8.88. The summed E-state index contributed by atoms with van der Waals surface area (Å²) in [7, 11) is -2.70. The number of aromatic nitrogens is 8. The van der Waals surface area contributed by atoms with Gasteiger partial charge in [0.15, 0.2) is 17.4 Å². The molecule has 4 heterocycles. The Morgan fingerprint density at radius 1 is 0.985 bits per heavy atom. The van der Waals surface area contributed by atoms with Crippen molar-refractivity contribution >= 4 is 55.2 Å². The second-order valence-electron chi connectivity index (χ2n) is 16.6. The van der Waals surface area contributed by atoms with Gasteiger partial charge in [0, 0.05) is 29.5 Å². The van der Waals surface area contributed by atoms with Gasteiger partial charge in [0.25, 0.3) is 24.3 Å². The summed E-state index contributed by atoms with van der Waals surface area (Å²) in [5.74, 6) is -9.47. The van der Waals surface area contributed by atoms with Crippen LogP contribution in [0.1, 0.15) is 66.0 Å². The highest BCUT2D eigenvalue weighted by atomic mass is 35.5. The molecule has 4 aromatic heterocycles. The van der Waals surface area contributed by atoms with E-state index in [4.69, 9.17) is 21.3 Å². The van der Waals surface area contributed by atoms with Crippen LogP contribution in [0.2, 0.25) is 5.02 Å². The Morgan fingerprint density at radius 2 is 1.71 bits per heavy atom. The summed E-state index contributed by atoms with van der Waals surface area (Å²) < 4.78 is 154. The summed E-state index contributed by atoms with van der Waals surface area (Å²) in [5, 5.41) is 9.14. The highest BCUT2D eigenvalue weighted by Crippen LogP contribution is 2.68. The zero-order chi connectivity index (χ0) is 48.1. The van der Waals surface area contributed by atoms with E-state index in [0.717, 1.165) is 21.4 Å². The highest BCUT2D eigenvalue weighted by Gasteiger charge is 2.67. The first-order valence-corrected chi connectivity index (χ1v) is 22.7. The number of hydrogen-bond donors (Lipinski definition) is 2. The summed E-state index contributed by atoms with van der Waals surface area (Å²) in [6, 6.07) is 7.37. The summed E-state index contributed by atoms with van der Waals surface area (Å²) in [6.07, 6.45) is -3.63. The van der Waals surface area contributed by atoms with Crippen LogP contribution in [0, 0.1) is 17.6 Å². The Kier molecular flexibility index (Phi) is 11.0. The third kappa shape index (κ3) is 7.95. The minimum Gasteiger partial charge on any atom is -0.494 e.